The molecule has 0 aliphatic heterocycles. The molecule has 1 rings (SSSR count). The van der Waals surface area contributed by atoms with Gasteiger partial charge in [0, 0.05) is 12.7 Å². The molecule has 1 aliphatic rings. The van der Waals surface area contributed by atoms with E-state index in [-0.39, 0.29) is 24.8 Å². The second kappa shape index (κ2) is 8.60. The van der Waals surface area contributed by atoms with Crippen molar-refractivity contribution in [2.75, 3.05) is 6.67 Å². The predicted octanol–water partition coefficient (Wildman–Crippen LogP) is 1.67. The summed E-state index contributed by atoms with van der Waals surface area (Å²) in [6.45, 7) is 0.644. The van der Waals surface area contributed by atoms with E-state index in [2.05, 4.69) is 5.32 Å². The van der Waals surface area contributed by atoms with Crippen molar-refractivity contribution in [2.24, 2.45) is 5.73 Å². The molecule has 1 saturated carbocycles. The van der Waals surface area contributed by atoms with Crippen molar-refractivity contribution in [3.63, 3.8) is 0 Å². The van der Waals surface area contributed by atoms with Gasteiger partial charge in [-0.05, 0) is 12.8 Å². The zero-order valence-electron chi connectivity index (χ0n) is 6.71. The third kappa shape index (κ3) is 5.74. The second-order valence-electron chi connectivity index (χ2n) is 2.74. The van der Waals surface area contributed by atoms with Crippen LogP contribution < -0.4 is 11.1 Å². The van der Waals surface area contributed by atoms with Crippen LogP contribution in [-0.2, 0) is 0 Å². The van der Waals surface area contributed by atoms with Crippen LogP contribution in [0.25, 0.3) is 0 Å². The Morgan fingerprint density at radius 1 is 1.09 bits per heavy atom. The van der Waals surface area contributed by atoms with E-state index in [0.717, 1.165) is 6.04 Å². The molecule has 0 radical (unpaired) electrons. The van der Waals surface area contributed by atoms with Crippen LogP contribution in [0, 0.1) is 0 Å². The monoisotopic (exact) mass is 200 g/mol. The fraction of sp³-hybridized carbons (Fsp3) is 1.00. The fourth-order valence-corrected chi connectivity index (χ4v) is 1.47. The maximum absolute atomic E-state index is 5.35. The lowest BCUT2D eigenvalue weighted by atomic mass is 9.96. The molecule has 0 heterocycles. The molecular formula is C7H18Cl2N2. The Morgan fingerprint density at radius 2 is 1.64 bits per heavy atom. The van der Waals surface area contributed by atoms with E-state index in [0.29, 0.717) is 6.67 Å². The first-order chi connectivity index (χ1) is 4.43. The van der Waals surface area contributed by atoms with Crippen LogP contribution in [0.1, 0.15) is 32.1 Å². The molecule has 0 aromatic rings. The van der Waals surface area contributed by atoms with E-state index in [1.165, 1.54) is 32.1 Å². The van der Waals surface area contributed by atoms with Crippen LogP contribution >= 0.6 is 24.8 Å². The Kier molecular flexibility index (Phi) is 11.0. The molecule has 1 aliphatic carbocycles. The van der Waals surface area contributed by atoms with E-state index in [4.69, 9.17) is 5.73 Å². The number of rotatable bonds is 2. The second-order valence-corrected chi connectivity index (χ2v) is 2.74. The van der Waals surface area contributed by atoms with Gasteiger partial charge in [0.2, 0.25) is 0 Å². The largest absolute Gasteiger partial charge is 0.318 e. The van der Waals surface area contributed by atoms with Crippen LogP contribution in [0.15, 0.2) is 0 Å². The van der Waals surface area contributed by atoms with E-state index in [1.54, 1.807) is 0 Å². The van der Waals surface area contributed by atoms with Gasteiger partial charge in [-0.1, -0.05) is 19.3 Å². The quantitative estimate of drug-likeness (QED) is 0.667. The van der Waals surface area contributed by atoms with Gasteiger partial charge in [-0.3, -0.25) is 0 Å². The van der Waals surface area contributed by atoms with Crippen molar-refractivity contribution < 1.29 is 0 Å². The van der Waals surface area contributed by atoms with Gasteiger partial charge >= 0.3 is 0 Å². The predicted molar refractivity (Wildman–Crippen MR) is 53.6 cm³/mol. The van der Waals surface area contributed by atoms with Gasteiger partial charge in [0.1, 0.15) is 0 Å². The first-order valence-electron chi connectivity index (χ1n) is 3.87. The van der Waals surface area contributed by atoms with Crippen molar-refractivity contribution in [1.82, 2.24) is 5.32 Å². The zero-order valence-corrected chi connectivity index (χ0v) is 8.35. The van der Waals surface area contributed by atoms with Gasteiger partial charge in [0.25, 0.3) is 0 Å². The van der Waals surface area contributed by atoms with Crippen LogP contribution in [0.3, 0.4) is 0 Å². The van der Waals surface area contributed by atoms with Gasteiger partial charge in [0.15, 0.2) is 0 Å². The number of hydrogen-bond donors (Lipinski definition) is 2. The fourth-order valence-electron chi connectivity index (χ4n) is 1.47. The molecule has 3 N–H and O–H groups in total. The van der Waals surface area contributed by atoms with Crippen molar-refractivity contribution >= 4 is 24.8 Å². The summed E-state index contributed by atoms with van der Waals surface area (Å²) < 4.78 is 0. The molecule has 0 aromatic heterocycles. The average Bonchev–Trinajstić information content (AvgIpc) is 1.91. The Hall–Kier alpha value is 0.500. The van der Waals surface area contributed by atoms with Crippen LogP contribution in [-0.4, -0.2) is 12.7 Å². The summed E-state index contributed by atoms with van der Waals surface area (Å²) in [5.74, 6) is 0. The first kappa shape index (κ1) is 14.0. The van der Waals surface area contributed by atoms with E-state index >= 15 is 0 Å². The molecule has 1 fully saturated rings. The minimum absolute atomic E-state index is 0. The molecule has 0 spiro atoms. The van der Waals surface area contributed by atoms with Crippen molar-refractivity contribution in [2.45, 2.75) is 38.1 Å². The van der Waals surface area contributed by atoms with Gasteiger partial charge in [-0.2, -0.15) is 0 Å². The summed E-state index contributed by atoms with van der Waals surface area (Å²) in [6.07, 6.45) is 6.85. The molecular weight excluding hydrogens is 183 g/mol. The minimum Gasteiger partial charge on any atom is -0.318 e. The molecule has 70 valence electrons. The number of hydrogen-bond acceptors (Lipinski definition) is 2. The van der Waals surface area contributed by atoms with E-state index < -0.39 is 0 Å². The molecule has 2 nitrogen and oxygen atoms in total. The Morgan fingerprint density at radius 3 is 2.09 bits per heavy atom. The number of halogens is 2. The Bertz CT molecular complexity index is 72.1. The smallest absolute Gasteiger partial charge is 0.0430 e. The van der Waals surface area contributed by atoms with Crippen LogP contribution in [0.4, 0.5) is 0 Å². The lowest BCUT2D eigenvalue weighted by Crippen LogP contribution is -2.35. The summed E-state index contributed by atoms with van der Waals surface area (Å²) in [4.78, 5) is 0. The molecule has 0 unspecified atom stereocenters. The minimum atomic E-state index is 0. The SMILES string of the molecule is Cl.Cl.NCNC1CCCCC1. The van der Waals surface area contributed by atoms with Gasteiger partial charge in [-0.25, -0.2) is 0 Å². The third-order valence-electron chi connectivity index (χ3n) is 2.01. The molecule has 0 bridgehead atoms. The highest BCUT2D eigenvalue weighted by molar-refractivity contribution is 5.85. The highest BCUT2D eigenvalue weighted by atomic mass is 35.5. The van der Waals surface area contributed by atoms with Crippen molar-refractivity contribution in [1.29, 1.82) is 0 Å². The number of nitrogens with two attached hydrogens (primary N) is 1. The molecule has 4 heteroatoms. The van der Waals surface area contributed by atoms with Crippen molar-refractivity contribution in [3.05, 3.63) is 0 Å². The molecule has 0 amide bonds. The van der Waals surface area contributed by atoms with E-state index in [1.807, 2.05) is 0 Å². The average molecular weight is 201 g/mol. The zero-order chi connectivity index (χ0) is 6.53. The summed E-state index contributed by atoms with van der Waals surface area (Å²) in [6, 6.07) is 0.726. The molecule has 11 heavy (non-hydrogen) atoms. The Labute approximate surface area is 81.1 Å². The van der Waals surface area contributed by atoms with Crippen LogP contribution in [0.2, 0.25) is 0 Å². The van der Waals surface area contributed by atoms with E-state index in [9.17, 15) is 0 Å². The van der Waals surface area contributed by atoms with Gasteiger partial charge in [0.05, 0.1) is 0 Å². The molecule has 0 aromatic carbocycles. The summed E-state index contributed by atoms with van der Waals surface area (Å²) in [5.41, 5.74) is 5.35. The lowest BCUT2D eigenvalue weighted by molar-refractivity contribution is 0.377. The summed E-state index contributed by atoms with van der Waals surface area (Å²) in [7, 11) is 0. The summed E-state index contributed by atoms with van der Waals surface area (Å²) in [5, 5.41) is 3.26. The normalized spacial score (nSPS) is 18.3. The highest BCUT2D eigenvalue weighted by Gasteiger charge is 2.10. The number of nitrogens with one attached hydrogen (secondary N) is 1. The standard InChI is InChI=1S/C7H16N2.2ClH/c8-6-9-7-4-2-1-3-5-7;;/h7,9H,1-6,8H2;2*1H. The van der Waals surface area contributed by atoms with Gasteiger partial charge in [-0.15, -0.1) is 24.8 Å². The third-order valence-corrected chi connectivity index (χ3v) is 2.01. The highest BCUT2D eigenvalue weighted by Crippen LogP contribution is 2.16. The Balaban J connectivity index is 0. The maximum atomic E-state index is 5.35. The molecule has 0 saturated heterocycles. The van der Waals surface area contributed by atoms with Crippen LogP contribution in [0.5, 0.6) is 0 Å². The summed E-state index contributed by atoms with van der Waals surface area (Å²) >= 11 is 0. The topological polar surface area (TPSA) is 38.0 Å². The first-order valence-corrected chi connectivity index (χ1v) is 3.87. The van der Waals surface area contributed by atoms with Gasteiger partial charge < -0.3 is 11.1 Å². The van der Waals surface area contributed by atoms with Crippen molar-refractivity contribution in [3.8, 4) is 0 Å². The molecule has 0 atom stereocenters. The lowest BCUT2D eigenvalue weighted by Gasteiger charge is -2.21. The maximum Gasteiger partial charge on any atom is 0.0430 e.